The van der Waals surface area contributed by atoms with Crippen LogP contribution in [0.2, 0.25) is 0 Å². The molecule has 15 heavy (non-hydrogen) atoms. The summed E-state index contributed by atoms with van der Waals surface area (Å²) in [5, 5.41) is 3.02. The molecular formula is C12H15NO2. The molecule has 0 saturated carbocycles. The number of rotatable bonds is 3. The van der Waals surface area contributed by atoms with Gasteiger partial charge < -0.3 is 5.32 Å². The van der Waals surface area contributed by atoms with Gasteiger partial charge in [-0.25, -0.2) is 0 Å². The summed E-state index contributed by atoms with van der Waals surface area (Å²) in [6.07, 6.45) is 1.71. The molecule has 3 heteroatoms. The third-order valence-electron chi connectivity index (χ3n) is 2.40. The van der Waals surface area contributed by atoms with E-state index in [1.165, 1.54) is 13.0 Å². The molecule has 1 unspecified atom stereocenters. The Kier molecular flexibility index (Phi) is 3.24. The molecule has 1 aliphatic rings. The fourth-order valence-electron chi connectivity index (χ4n) is 1.55. The predicted molar refractivity (Wildman–Crippen MR) is 59.3 cm³/mol. The van der Waals surface area contributed by atoms with E-state index in [9.17, 15) is 9.59 Å². The minimum absolute atomic E-state index is 0.0368. The van der Waals surface area contributed by atoms with Gasteiger partial charge in [0.25, 0.3) is 0 Å². The van der Waals surface area contributed by atoms with Crippen molar-refractivity contribution >= 4 is 11.6 Å². The summed E-state index contributed by atoms with van der Waals surface area (Å²) in [6.45, 7) is 10.6. The monoisotopic (exact) mass is 205 g/mol. The smallest absolute Gasteiger partial charge is 0.167 e. The largest absolute Gasteiger partial charge is 0.374 e. The molecule has 1 aliphatic heterocycles. The van der Waals surface area contributed by atoms with Gasteiger partial charge in [0.2, 0.25) is 0 Å². The molecule has 80 valence electrons. The lowest BCUT2D eigenvalue weighted by molar-refractivity contribution is -0.123. The van der Waals surface area contributed by atoms with Crippen LogP contribution in [0.1, 0.15) is 20.3 Å². The van der Waals surface area contributed by atoms with E-state index in [0.717, 1.165) is 5.57 Å². The molecule has 0 aliphatic carbocycles. The summed E-state index contributed by atoms with van der Waals surface area (Å²) in [4.78, 5) is 22.9. The van der Waals surface area contributed by atoms with Crippen molar-refractivity contribution in [3.05, 3.63) is 36.1 Å². The minimum atomic E-state index is -0.423. The number of allylic oxidation sites excluding steroid dienone is 3. The van der Waals surface area contributed by atoms with Gasteiger partial charge in [0.1, 0.15) is 0 Å². The van der Waals surface area contributed by atoms with Gasteiger partial charge in [-0.1, -0.05) is 19.2 Å². The van der Waals surface area contributed by atoms with Crippen LogP contribution >= 0.6 is 0 Å². The van der Waals surface area contributed by atoms with Gasteiger partial charge in [-0.05, 0) is 19.4 Å². The van der Waals surface area contributed by atoms with Crippen molar-refractivity contribution in [3.8, 4) is 0 Å². The standard InChI is InChI=1S/C12H15NO2/c1-5-9-11(15)6-10(8(4)14)13-12(9)7(2)3/h5,10,13H,1-2,6H2,3-4H3. The second kappa shape index (κ2) is 4.26. The maximum absolute atomic E-state index is 11.7. The summed E-state index contributed by atoms with van der Waals surface area (Å²) in [7, 11) is 0. The summed E-state index contributed by atoms with van der Waals surface area (Å²) >= 11 is 0. The second-order valence-corrected chi connectivity index (χ2v) is 3.71. The number of hydrogen-bond donors (Lipinski definition) is 1. The van der Waals surface area contributed by atoms with Gasteiger partial charge in [0.05, 0.1) is 6.04 Å². The van der Waals surface area contributed by atoms with Crippen molar-refractivity contribution in [2.75, 3.05) is 0 Å². The van der Waals surface area contributed by atoms with E-state index in [2.05, 4.69) is 18.5 Å². The van der Waals surface area contributed by atoms with Crippen LogP contribution in [0.15, 0.2) is 36.1 Å². The lowest BCUT2D eigenvalue weighted by Crippen LogP contribution is -2.41. The molecule has 0 fully saturated rings. The van der Waals surface area contributed by atoms with Crippen LogP contribution in [0.5, 0.6) is 0 Å². The molecule has 1 N–H and O–H groups in total. The van der Waals surface area contributed by atoms with Crippen LogP contribution in [0.4, 0.5) is 0 Å². The molecule has 0 aromatic rings. The quantitative estimate of drug-likeness (QED) is 0.760. The molecule has 0 aromatic carbocycles. The Bertz CT molecular complexity index is 377. The first-order valence-electron chi connectivity index (χ1n) is 4.80. The second-order valence-electron chi connectivity index (χ2n) is 3.71. The molecule has 1 atom stereocenters. The number of ketones is 2. The first kappa shape index (κ1) is 11.4. The van der Waals surface area contributed by atoms with Crippen LogP contribution < -0.4 is 5.32 Å². The highest BCUT2D eigenvalue weighted by Crippen LogP contribution is 2.20. The lowest BCUT2D eigenvalue weighted by Gasteiger charge is -2.26. The van der Waals surface area contributed by atoms with Gasteiger partial charge >= 0.3 is 0 Å². The molecule has 0 aromatic heterocycles. The molecule has 0 spiro atoms. The zero-order chi connectivity index (χ0) is 11.6. The zero-order valence-corrected chi connectivity index (χ0v) is 9.09. The lowest BCUT2D eigenvalue weighted by atomic mass is 9.93. The topological polar surface area (TPSA) is 46.2 Å². The maximum Gasteiger partial charge on any atom is 0.167 e. The van der Waals surface area contributed by atoms with E-state index in [0.29, 0.717) is 11.3 Å². The van der Waals surface area contributed by atoms with E-state index in [1.807, 2.05) is 0 Å². The summed E-state index contributed by atoms with van der Waals surface area (Å²) < 4.78 is 0. The fourth-order valence-corrected chi connectivity index (χ4v) is 1.55. The van der Waals surface area contributed by atoms with Crippen LogP contribution in [0.25, 0.3) is 0 Å². The number of nitrogens with one attached hydrogen (secondary N) is 1. The van der Waals surface area contributed by atoms with Crippen LogP contribution in [-0.4, -0.2) is 17.6 Å². The van der Waals surface area contributed by atoms with Gasteiger partial charge in [0.15, 0.2) is 11.6 Å². The van der Waals surface area contributed by atoms with E-state index in [-0.39, 0.29) is 18.0 Å². The van der Waals surface area contributed by atoms with Gasteiger partial charge in [-0.3, -0.25) is 9.59 Å². The third-order valence-corrected chi connectivity index (χ3v) is 2.40. The van der Waals surface area contributed by atoms with E-state index < -0.39 is 6.04 Å². The minimum Gasteiger partial charge on any atom is -0.374 e. The van der Waals surface area contributed by atoms with Crippen molar-refractivity contribution in [1.82, 2.24) is 5.32 Å². The predicted octanol–water partition coefficient (Wildman–Crippen LogP) is 1.52. The number of carbonyl (C=O) groups is 2. The Labute approximate surface area is 89.6 Å². The molecule has 0 radical (unpaired) electrons. The first-order chi connectivity index (χ1) is 6.97. The molecule has 0 amide bonds. The SMILES string of the molecule is C=CC1=C(C(=C)C)NC(C(C)=O)CC1=O. The average molecular weight is 205 g/mol. The van der Waals surface area contributed by atoms with Crippen molar-refractivity contribution < 1.29 is 9.59 Å². The van der Waals surface area contributed by atoms with E-state index in [1.54, 1.807) is 6.92 Å². The Morgan fingerprint density at radius 2 is 2.13 bits per heavy atom. The van der Waals surface area contributed by atoms with Gasteiger partial charge in [0, 0.05) is 17.7 Å². The molecule has 1 heterocycles. The molecule has 0 bridgehead atoms. The zero-order valence-electron chi connectivity index (χ0n) is 9.09. The number of hydrogen-bond acceptors (Lipinski definition) is 3. The van der Waals surface area contributed by atoms with Crippen molar-refractivity contribution in [2.45, 2.75) is 26.3 Å². The molecule has 1 rings (SSSR count). The van der Waals surface area contributed by atoms with Crippen molar-refractivity contribution in [1.29, 1.82) is 0 Å². The van der Waals surface area contributed by atoms with Crippen LogP contribution in [0.3, 0.4) is 0 Å². The Hall–Kier alpha value is -1.64. The Morgan fingerprint density at radius 3 is 2.53 bits per heavy atom. The highest BCUT2D eigenvalue weighted by Gasteiger charge is 2.27. The highest BCUT2D eigenvalue weighted by molar-refractivity contribution is 6.03. The number of Topliss-reactive ketones (excluding diaryl/α,β-unsaturated/α-hetero) is 2. The Balaban J connectivity index is 3.13. The molecule has 0 saturated heterocycles. The van der Waals surface area contributed by atoms with Crippen LogP contribution in [-0.2, 0) is 9.59 Å². The normalized spacial score (nSPS) is 20.9. The average Bonchev–Trinajstić information content (AvgIpc) is 2.16. The first-order valence-corrected chi connectivity index (χ1v) is 4.80. The van der Waals surface area contributed by atoms with Crippen LogP contribution in [0, 0.1) is 0 Å². The summed E-state index contributed by atoms with van der Waals surface area (Å²) in [5.74, 6) is -0.0906. The fraction of sp³-hybridized carbons (Fsp3) is 0.333. The van der Waals surface area contributed by atoms with Crippen molar-refractivity contribution in [3.63, 3.8) is 0 Å². The molecular weight excluding hydrogens is 190 g/mol. The van der Waals surface area contributed by atoms with E-state index in [4.69, 9.17) is 0 Å². The summed E-state index contributed by atoms with van der Waals surface area (Å²) in [6, 6.07) is -0.423. The molecule has 3 nitrogen and oxygen atoms in total. The number of carbonyl (C=O) groups excluding carboxylic acids is 2. The third kappa shape index (κ3) is 2.24. The van der Waals surface area contributed by atoms with Gasteiger partial charge in [-0.15, -0.1) is 0 Å². The van der Waals surface area contributed by atoms with Gasteiger partial charge in [-0.2, -0.15) is 0 Å². The Morgan fingerprint density at radius 1 is 1.53 bits per heavy atom. The van der Waals surface area contributed by atoms with E-state index >= 15 is 0 Å². The highest BCUT2D eigenvalue weighted by atomic mass is 16.1. The maximum atomic E-state index is 11.7. The van der Waals surface area contributed by atoms with Crippen molar-refractivity contribution in [2.24, 2.45) is 0 Å². The summed E-state index contributed by atoms with van der Waals surface area (Å²) in [5.41, 5.74) is 1.91.